The number of hydrogen-bond donors (Lipinski definition) is 2. The van der Waals surface area contributed by atoms with Gasteiger partial charge in [-0.3, -0.25) is 4.79 Å². The molecule has 1 unspecified atom stereocenters. The van der Waals surface area contributed by atoms with Gasteiger partial charge in [-0.15, -0.1) is 0 Å². The van der Waals surface area contributed by atoms with Gasteiger partial charge in [0.25, 0.3) is 0 Å². The molecular formula is C20H25N3O3. The van der Waals surface area contributed by atoms with Crippen LogP contribution in [0, 0.1) is 6.92 Å². The zero-order chi connectivity index (χ0) is 18.9. The standard InChI is InChI=1S/C20H25N3O3/c1-5-14(21)19(24)23-13-7-9-16(22-10-13)26-15-8-6-12(2)18-17(15)20(3,4)11-25-18/h6-10,14H,5,11,21H2,1-4H3,(H,23,24). The number of hydrogen-bond acceptors (Lipinski definition) is 5. The van der Waals surface area contributed by atoms with Crippen LogP contribution in [0.25, 0.3) is 0 Å². The highest BCUT2D eigenvalue weighted by atomic mass is 16.5. The molecule has 0 radical (unpaired) electrons. The fourth-order valence-corrected chi connectivity index (χ4v) is 2.95. The van der Waals surface area contributed by atoms with E-state index in [1.807, 2.05) is 26.0 Å². The number of aryl methyl sites for hydroxylation is 1. The number of pyridine rings is 1. The summed E-state index contributed by atoms with van der Waals surface area (Å²) in [6, 6.07) is 6.88. The third-order valence-electron chi connectivity index (χ3n) is 4.57. The topological polar surface area (TPSA) is 86.5 Å². The molecule has 2 heterocycles. The molecule has 0 saturated carbocycles. The van der Waals surface area contributed by atoms with Crippen LogP contribution in [0.2, 0.25) is 0 Å². The van der Waals surface area contributed by atoms with Crippen molar-refractivity contribution in [3.63, 3.8) is 0 Å². The van der Waals surface area contributed by atoms with Crippen LogP contribution in [0.1, 0.15) is 38.3 Å². The molecule has 138 valence electrons. The zero-order valence-corrected chi connectivity index (χ0v) is 15.6. The predicted molar refractivity (Wildman–Crippen MR) is 101 cm³/mol. The molecule has 1 aromatic carbocycles. The lowest BCUT2D eigenvalue weighted by molar-refractivity contribution is -0.117. The fraction of sp³-hybridized carbons (Fsp3) is 0.400. The van der Waals surface area contributed by atoms with E-state index in [-0.39, 0.29) is 11.3 Å². The van der Waals surface area contributed by atoms with Crippen LogP contribution in [-0.4, -0.2) is 23.5 Å². The number of nitrogens with two attached hydrogens (primary N) is 1. The lowest BCUT2D eigenvalue weighted by Gasteiger charge is -2.19. The summed E-state index contributed by atoms with van der Waals surface area (Å²) in [7, 11) is 0. The summed E-state index contributed by atoms with van der Waals surface area (Å²) in [5.41, 5.74) is 8.33. The maximum Gasteiger partial charge on any atom is 0.241 e. The Balaban J connectivity index is 1.79. The highest BCUT2D eigenvalue weighted by molar-refractivity contribution is 5.94. The predicted octanol–water partition coefficient (Wildman–Crippen LogP) is 3.53. The summed E-state index contributed by atoms with van der Waals surface area (Å²) >= 11 is 0. The van der Waals surface area contributed by atoms with Crippen molar-refractivity contribution in [1.29, 1.82) is 0 Å². The molecule has 0 bridgehead atoms. The molecule has 6 nitrogen and oxygen atoms in total. The van der Waals surface area contributed by atoms with Crippen LogP contribution in [0.4, 0.5) is 5.69 Å². The minimum Gasteiger partial charge on any atom is -0.492 e. The maximum absolute atomic E-state index is 11.8. The van der Waals surface area contributed by atoms with E-state index >= 15 is 0 Å². The fourth-order valence-electron chi connectivity index (χ4n) is 2.95. The first-order chi connectivity index (χ1) is 12.3. The SMILES string of the molecule is CCC(N)C(=O)Nc1ccc(Oc2ccc(C)c3c2C(C)(C)CO3)nc1. The highest BCUT2D eigenvalue weighted by Crippen LogP contribution is 2.46. The number of anilines is 1. The van der Waals surface area contributed by atoms with Gasteiger partial charge in [0.15, 0.2) is 0 Å². The van der Waals surface area contributed by atoms with Crippen molar-refractivity contribution in [1.82, 2.24) is 4.98 Å². The third kappa shape index (κ3) is 3.51. The van der Waals surface area contributed by atoms with Gasteiger partial charge in [-0.1, -0.05) is 26.8 Å². The quantitative estimate of drug-likeness (QED) is 0.857. The molecule has 0 saturated heterocycles. The van der Waals surface area contributed by atoms with Crippen LogP contribution in [0.5, 0.6) is 17.4 Å². The Hall–Kier alpha value is -2.60. The number of benzene rings is 1. The Labute approximate surface area is 153 Å². The molecule has 2 aromatic rings. The summed E-state index contributed by atoms with van der Waals surface area (Å²) in [5, 5.41) is 2.74. The first-order valence-electron chi connectivity index (χ1n) is 8.79. The van der Waals surface area contributed by atoms with Crippen molar-refractivity contribution in [2.75, 3.05) is 11.9 Å². The van der Waals surface area contributed by atoms with Gasteiger partial charge in [-0.25, -0.2) is 4.98 Å². The molecule has 1 amide bonds. The number of carbonyl (C=O) groups excluding carboxylic acids is 1. The molecule has 0 spiro atoms. The monoisotopic (exact) mass is 355 g/mol. The summed E-state index contributed by atoms with van der Waals surface area (Å²) in [6.07, 6.45) is 2.14. The number of nitrogens with one attached hydrogen (secondary N) is 1. The molecule has 3 rings (SSSR count). The molecule has 1 aliphatic rings. The van der Waals surface area contributed by atoms with E-state index in [9.17, 15) is 4.79 Å². The van der Waals surface area contributed by atoms with E-state index in [1.165, 1.54) is 0 Å². The van der Waals surface area contributed by atoms with Crippen molar-refractivity contribution in [2.24, 2.45) is 5.73 Å². The number of ether oxygens (including phenoxy) is 2. The first-order valence-corrected chi connectivity index (χ1v) is 8.79. The number of carbonyl (C=O) groups is 1. The number of nitrogens with zero attached hydrogens (tertiary/aromatic N) is 1. The van der Waals surface area contributed by atoms with Crippen molar-refractivity contribution in [3.8, 4) is 17.4 Å². The molecular weight excluding hydrogens is 330 g/mol. The Morgan fingerprint density at radius 1 is 1.38 bits per heavy atom. The van der Waals surface area contributed by atoms with Crippen LogP contribution >= 0.6 is 0 Å². The lowest BCUT2D eigenvalue weighted by Crippen LogP contribution is -2.34. The number of fused-ring (bicyclic) bond motifs is 1. The second-order valence-electron chi connectivity index (χ2n) is 7.25. The Kier molecular flexibility index (Phi) is 4.87. The maximum atomic E-state index is 11.8. The van der Waals surface area contributed by atoms with Crippen molar-refractivity contribution in [2.45, 2.75) is 45.6 Å². The Bertz CT molecular complexity index is 816. The Morgan fingerprint density at radius 3 is 2.81 bits per heavy atom. The second kappa shape index (κ2) is 6.96. The molecule has 1 aliphatic heterocycles. The van der Waals surface area contributed by atoms with Crippen LogP contribution in [0.3, 0.4) is 0 Å². The summed E-state index contributed by atoms with van der Waals surface area (Å²) in [6.45, 7) is 8.79. The molecule has 1 atom stereocenters. The summed E-state index contributed by atoms with van der Waals surface area (Å²) in [4.78, 5) is 16.1. The largest absolute Gasteiger partial charge is 0.492 e. The molecule has 1 aromatic heterocycles. The van der Waals surface area contributed by atoms with E-state index in [1.54, 1.807) is 18.3 Å². The van der Waals surface area contributed by atoms with Crippen LogP contribution < -0.4 is 20.5 Å². The van der Waals surface area contributed by atoms with E-state index in [2.05, 4.69) is 24.1 Å². The van der Waals surface area contributed by atoms with E-state index in [4.69, 9.17) is 15.2 Å². The van der Waals surface area contributed by atoms with E-state index in [0.717, 1.165) is 22.6 Å². The van der Waals surface area contributed by atoms with E-state index in [0.29, 0.717) is 24.6 Å². The number of aromatic nitrogens is 1. The molecule has 6 heteroatoms. The van der Waals surface area contributed by atoms with Gasteiger partial charge in [0, 0.05) is 17.0 Å². The normalized spacial score (nSPS) is 15.7. The van der Waals surface area contributed by atoms with Crippen LogP contribution in [0.15, 0.2) is 30.5 Å². The molecule has 26 heavy (non-hydrogen) atoms. The summed E-state index contributed by atoms with van der Waals surface area (Å²) < 4.78 is 11.9. The molecule has 0 fully saturated rings. The number of amides is 1. The smallest absolute Gasteiger partial charge is 0.241 e. The second-order valence-corrected chi connectivity index (χ2v) is 7.25. The minimum atomic E-state index is -0.525. The molecule has 3 N–H and O–H groups in total. The van der Waals surface area contributed by atoms with Gasteiger partial charge in [-0.2, -0.15) is 0 Å². The van der Waals surface area contributed by atoms with Crippen LogP contribution in [-0.2, 0) is 10.2 Å². The van der Waals surface area contributed by atoms with Gasteiger partial charge >= 0.3 is 0 Å². The lowest BCUT2D eigenvalue weighted by atomic mass is 9.85. The first kappa shape index (κ1) is 18.2. The van der Waals surface area contributed by atoms with Gasteiger partial charge in [0.2, 0.25) is 11.8 Å². The zero-order valence-electron chi connectivity index (χ0n) is 15.6. The van der Waals surface area contributed by atoms with Crippen molar-refractivity contribution in [3.05, 3.63) is 41.6 Å². The van der Waals surface area contributed by atoms with Crippen molar-refractivity contribution >= 4 is 11.6 Å². The summed E-state index contributed by atoms with van der Waals surface area (Å²) in [5.74, 6) is 1.87. The van der Waals surface area contributed by atoms with Crippen molar-refractivity contribution < 1.29 is 14.3 Å². The van der Waals surface area contributed by atoms with Gasteiger partial charge in [-0.05, 0) is 31.0 Å². The van der Waals surface area contributed by atoms with Gasteiger partial charge in [0.05, 0.1) is 24.5 Å². The van der Waals surface area contributed by atoms with Gasteiger partial charge < -0.3 is 20.5 Å². The van der Waals surface area contributed by atoms with E-state index < -0.39 is 6.04 Å². The number of rotatable bonds is 5. The minimum absolute atomic E-state index is 0.124. The van der Waals surface area contributed by atoms with Gasteiger partial charge in [0.1, 0.15) is 11.5 Å². The molecule has 0 aliphatic carbocycles. The Morgan fingerprint density at radius 2 is 2.15 bits per heavy atom. The third-order valence-corrected chi connectivity index (χ3v) is 4.57. The average Bonchev–Trinajstić information content (AvgIpc) is 2.95. The average molecular weight is 355 g/mol. The highest BCUT2D eigenvalue weighted by Gasteiger charge is 2.36.